The average molecular weight is 663 g/mol. The number of hydrogen-bond donors (Lipinski definition) is 2. The standard InChI is InChI=1S/C22H36N3O5S.C9H15NO2.K/c1-4-5-10-26-12-13-27-14-15-28-22(31-18-23)17-29-21-8-6-7-20(16-21)25-30-11-9-24-19(2)3;1-9(2)4-3-6-12-7-5-10-8-11;/h6-8,16,19,22,24H,4-5,9-15,17H2,1-3H3;8-9H,5-7H2,1-2H3,(H,10,11);/q-1;;+1. The number of nitriles is 1. The smallest absolute Gasteiger partial charge is 0.562 e. The van der Waals surface area contributed by atoms with Crippen molar-refractivity contribution in [3.8, 4) is 23.0 Å². The molecule has 0 aromatic heterocycles. The second-order valence-electron chi connectivity index (χ2n) is 9.53. The van der Waals surface area contributed by atoms with Crippen LogP contribution in [0.15, 0.2) is 24.3 Å². The number of unbranched alkanes of at least 4 members (excludes halogenated alkanes) is 1. The first-order valence-corrected chi connectivity index (χ1v) is 15.6. The summed E-state index contributed by atoms with van der Waals surface area (Å²) in [5, 5.41) is 16.8. The summed E-state index contributed by atoms with van der Waals surface area (Å²) in [5.74, 6) is 6.87. The van der Waals surface area contributed by atoms with Crippen LogP contribution in [0.1, 0.15) is 47.5 Å². The Balaban J connectivity index is 0. The molecule has 0 fully saturated rings. The minimum atomic E-state index is -0.409. The van der Waals surface area contributed by atoms with Gasteiger partial charge in [-0.1, -0.05) is 65.0 Å². The van der Waals surface area contributed by atoms with Crippen molar-refractivity contribution in [2.24, 2.45) is 5.92 Å². The maximum Gasteiger partial charge on any atom is 1.00 e. The Morgan fingerprint density at radius 3 is 2.43 bits per heavy atom. The molecule has 0 saturated carbocycles. The summed E-state index contributed by atoms with van der Waals surface area (Å²) in [4.78, 5) is 15.1. The molecule has 1 amide bonds. The molecule has 13 heteroatoms. The van der Waals surface area contributed by atoms with Crippen LogP contribution in [0.25, 0.3) is 5.48 Å². The number of nitrogens with one attached hydrogen (secondary N) is 2. The Morgan fingerprint density at radius 1 is 1.00 bits per heavy atom. The van der Waals surface area contributed by atoms with Crippen LogP contribution in [0.5, 0.6) is 5.75 Å². The van der Waals surface area contributed by atoms with Gasteiger partial charge in [-0.25, -0.2) is 0 Å². The zero-order chi connectivity index (χ0) is 31.8. The van der Waals surface area contributed by atoms with E-state index in [2.05, 4.69) is 54.1 Å². The van der Waals surface area contributed by atoms with Crippen LogP contribution in [0.4, 0.5) is 5.69 Å². The van der Waals surface area contributed by atoms with Crippen LogP contribution in [-0.2, 0) is 28.6 Å². The Bertz CT molecular complexity index is 898. The van der Waals surface area contributed by atoms with Crippen LogP contribution in [-0.4, -0.2) is 90.4 Å². The van der Waals surface area contributed by atoms with Crippen molar-refractivity contribution in [1.29, 1.82) is 5.26 Å². The fourth-order valence-electron chi connectivity index (χ4n) is 2.85. The van der Waals surface area contributed by atoms with E-state index in [4.69, 9.17) is 33.8 Å². The molecule has 1 rings (SSSR count). The topological polar surface area (TPSA) is 134 Å². The van der Waals surface area contributed by atoms with E-state index in [1.54, 1.807) is 6.07 Å². The summed E-state index contributed by atoms with van der Waals surface area (Å²) < 4.78 is 27.4. The fourth-order valence-corrected chi connectivity index (χ4v) is 3.27. The summed E-state index contributed by atoms with van der Waals surface area (Å²) in [6.45, 7) is 16.0. The first-order valence-electron chi connectivity index (χ1n) is 14.8. The molecule has 0 radical (unpaired) electrons. The first-order chi connectivity index (χ1) is 20.9. The van der Waals surface area contributed by atoms with Gasteiger partial charge in [0.1, 0.15) is 24.4 Å². The molecule has 1 aromatic carbocycles. The van der Waals surface area contributed by atoms with Gasteiger partial charge in [0.05, 0.1) is 33.0 Å². The Labute approximate surface area is 311 Å². The summed E-state index contributed by atoms with van der Waals surface area (Å²) in [6.07, 6.45) is 2.84. The summed E-state index contributed by atoms with van der Waals surface area (Å²) in [7, 11) is 0. The monoisotopic (exact) mass is 662 g/mol. The van der Waals surface area contributed by atoms with Gasteiger partial charge in [0.25, 0.3) is 0 Å². The van der Waals surface area contributed by atoms with Crippen molar-refractivity contribution in [3.05, 3.63) is 29.7 Å². The van der Waals surface area contributed by atoms with Crippen LogP contribution in [0.3, 0.4) is 0 Å². The summed E-state index contributed by atoms with van der Waals surface area (Å²) in [6, 6.07) is 7.70. The zero-order valence-corrected chi connectivity index (χ0v) is 31.4. The summed E-state index contributed by atoms with van der Waals surface area (Å²) >= 11 is 1.02. The van der Waals surface area contributed by atoms with Crippen molar-refractivity contribution in [2.75, 3.05) is 72.6 Å². The molecule has 0 aliphatic heterocycles. The molecule has 1 unspecified atom stereocenters. The first kappa shape index (κ1) is 45.2. The largest absolute Gasteiger partial charge is 1.00 e. The van der Waals surface area contributed by atoms with Gasteiger partial charge in [-0.2, -0.15) is 5.26 Å². The molecule has 0 saturated heterocycles. The fraction of sp³-hybridized carbons (Fsp3) is 0.677. The Morgan fingerprint density at radius 2 is 1.75 bits per heavy atom. The quantitative estimate of drug-likeness (QED) is 0.0304. The van der Waals surface area contributed by atoms with Gasteiger partial charge in [-0.3, -0.25) is 4.79 Å². The molecule has 44 heavy (non-hydrogen) atoms. The zero-order valence-electron chi connectivity index (χ0n) is 27.5. The number of benzene rings is 1. The van der Waals surface area contributed by atoms with Crippen molar-refractivity contribution >= 4 is 23.9 Å². The van der Waals surface area contributed by atoms with Gasteiger partial charge in [0.15, 0.2) is 5.44 Å². The van der Waals surface area contributed by atoms with E-state index in [9.17, 15) is 4.79 Å². The van der Waals surface area contributed by atoms with Gasteiger partial charge in [-0.05, 0) is 30.3 Å². The Kier molecular flexibility index (Phi) is 35.9. The maximum absolute atomic E-state index is 9.79. The number of thiocyanates is 1. The third-order valence-corrected chi connectivity index (χ3v) is 5.53. The number of carbonyl (C=O) groups is 1. The second kappa shape index (κ2) is 34.9. The molecule has 0 bridgehead atoms. The van der Waals surface area contributed by atoms with E-state index in [1.807, 2.05) is 32.0 Å². The molecule has 244 valence electrons. The van der Waals surface area contributed by atoms with E-state index >= 15 is 0 Å². The van der Waals surface area contributed by atoms with Gasteiger partial charge < -0.3 is 44.6 Å². The number of rotatable bonds is 25. The van der Waals surface area contributed by atoms with Crippen molar-refractivity contribution in [1.82, 2.24) is 10.6 Å². The normalized spacial score (nSPS) is 10.9. The molecule has 0 spiro atoms. The van der Waals surface area contributed by atoms with Gasteiger partial charge in [0, 0.05) is 38.3 Å². The number of thioether (sulfide) groups is 1. The predicted molar refractivity (Wildman–Crippen MR) is 171 cm³/mol. The molecule has 1 aromatic rings. The van der Waals surface area contributed by atoms with E-state index in [0.29, 0.717) is 82.6 Å². The summed E-state index contributed by atoms with van der Waals surface area (Å²) in [5.41, 5.74) is 4.35. The molecular weight excluding hydrogens is 612 g/mol. The molecular formula is C31H51KN4O7S. The van der Waals surface area contributed by atoms with E-state index in [0.717, 1.165) is 37.8 Å². The number of amides is 1. The predicted octanol–water partition coefficient (Wildman–Crippen LogP) is 1.80. The van der Waals surface area contributed by atoms with Crippen LogP contribution >= 0.6 is 11.8 Å². The average Bonchev–Trinajstić information content (AvgIpc) is 2.98. The van der Waals surface area contributed by atoms with Gasteiger partial charge in [0.2, 0.25) is 6.41 Å². The molecule has 0 aliphatic carbocycles. The van der Waals surface area contributed by atoms with E-state index < -0.39 is 5.44 Å². The number of carbonyl (C=O) groups excluding carboxylic acids is 1. The molecule has 11 nitrogen and oxygen atoms in total. The van der Waals surface area contributed by atoms with Crippen molar-refractivity contribution in [3.63, 3.8) is 0 Å². The molecule has 2 N–H and O–H groups in total. The van der Waals surface area contributed by atoms with Gasteiger partial charge in [-0.15, -0.1) is 5.69 Å². The number of hydrogen-bond acceptors (Lipinski definition) is 10. The Hall–Kier alpha value is -0.914. The minimum Gasteiger partial charge on any atom is -0.562 e. The molecule has 0 aliphatic rings. The van der Waals surface area contributed by atoms with Crippen LogP contribution in [0, 0.1) is 28.4 Å². The van der Waals surface area contributed by atoms with Crippen LogP contribution in [0.2, 0.25) is 0 Å². The van der Waals surface area contributed by atoms with Gasteiger partial charge >= 0.3 is 51.4 Å². The maximum atomic E-state index is 9.79. The third-order valence-electron chi connectivity index (χ3n) is 4.89. The van der Waals surface area contributed by atoms with Crippen molar-refractivity contribution < 1.29 is 84.7 Å². The van der Waals surface area contributed by atoms with Crippen molar-refractivity contribution in [2.45, 2.75) is 58.9 Å². The third kappa shape index (κ3) is 32.5. The number of nitrogens with zero attached hydrogens (tertiary/aromatic N) is 2. The van der Waals surface area contributed by atoms with E-state index in [-0.39, 0.29) is 58.0 Å². The second-order valence-corrected chi connectivity index (χ2v) is 10.5. The number of ether oxygens (including phenoxy) is 5. The van der Waals surface area contributed by atoms with Crippen LogP contribution < -0.4 is 66.8 Å². The van der Waals surface area contributed by atoms with E-state index in [1.165, 1.54) is 0 Å². The minimum absolute atomic E-state index is 0. The molecule has 0 heterocycles. The SMILES string of the molecule is CC(C)C#CCOCCNC=O.CCCCOCCOCCOC(COc1cccc([N-]OCCNC(C)C)c1)SC#N.[K+]. The molecule has 1 atom stereocenters.